The Morgan fingerprint density at radius 3 is 2.62 bits per heavy atom. The second kappa shape index (κ2) is 3.79. The van der Waals surface area contributed by atoms with Gasteiger partial charge in [0.25, 0.3) is 0 Å². The number of aromatic carboxylic acids is 1. The number of benzene rings is 1. The maximum absolute atomic E-state index is 10.8. The number of carboxylic acid groups (broad SMARTS) is 1. The van der Waals surface area contributed by atoms with Crippen LogP contribution in [-0.4, -0.2) is 16.2 Å². The summed E-state index contributed by atoms with van der Waals surface area (Å²) in [6.45, 7) is 1.86. The molecular formula is C9H9BrO3. The summed E-state index contributed by atoms with van der Waals surface area (Å²) >= 11 is 3.20. The number of phenols is 1. The summed E-state index contributed by atoms with van der Waals surface area (Å²) in [4.78, 5) is 10.8. The lowest BCUT2D eigenvalue weighted by atomic mass is 10.1. The lowest BCUT2D eigenvalue weighted by Gasteiger charge is -2.06. The van der Waals surface area contributed by atoms with E-state index in [0.29, 0.717) is 16.5 Å². The van der Waals surface area contributed by atoms with E-state index in [-0.39, 0.29) is 11.3 Å². The van der Waals surface area contributed by atoms with Crippen LogP contribution >= 0.6 is 15.9 Å². The molecule has 0 unspecified atom stereocenters. The zero-order valence-electron chi connectivity index (χ0n) is 7.04. The normalized spacial score (nSPS) is 10.0. The van der Waals surface area contributed by atoms with Crippen LogP contribution < -0.4 is 0 Å². The summed E-state index contributed by atoms with van der Waals surface area (Å²) in [6.07, 6.45) is 0.614. The van der Waals surface area contributed by atoms with E-state index < -0.39 is 5.97 Å². The smallest absolute Gasteiger partial charge is 0.336 e. The van der Waals surface area contributed by atoms with Gasteiger partial charge in [-0.1, -0.05) is 22.9 Å². The van der Waals surface area contributed by atoms with Gasteiger partial charge in [-0.25, -0.2) is 4.79 Å². The SMILES string of the molecule is CCc1c(Br)cc(O)cc1C(=O)O. The molecule has 0 saturated heterocycles. The standard InChI is InChI=1S/C9H9BrO3/c1-2-6-7(9(12)13)3-5(11)4-8(6)10/h3-4,11H,2H2,1H3,(H,12,13). The first-order valence-electron chi connectivity index (χ1n) is 3.81. The molecule has 1 aromatic rings. The Hall–Kier alpha value is -1.03. The van der Waals surface area contributed by atoms with Gasteiger partial charge < -0.3 is 10.2 Å². The van der Waals surface area contributed by atoms with E-state index in [9.17, 15) is 4.79 Å². The summed E-state index contributed by atoms with van der Waals surface area (Å²) < 4.78 is 0.632. The number of halogens is 1. The van der Waals surface area contributed by atoms with Gasteiger partial charge in [0.1, 0.15) is 5.75 Å². The van der Waals surface area contributed by atoms with Crippen molar-refractivity contribution in [2.24, 2.45) is 0 Å². The number of carbonyl (C=O) groups is 1. The third kappa shape index (κ3) is 2.01. The van der Waals surface area contributed by atoms with Gasteiger partial charge in [0.15, 0.2) is 0 Å². The van der Waals surface area contributed by atoms with E-state index >= 15 is 0 Å². The maximum Gasteiger partial charge on any atom is 0.336 e. The van der Waals surface area contributed by atoms with Crippen molar-refractivity contribution in [3.63, 3.8) is 0 Å². The average molecular weight is 245 g/mol. The van der Waals surface area contributed by atoms with E-state index in [1.165, 1.54) is 12.1 Å². The lowest BCUT2D eigenvalue weighted by Crippen LogP contribution is -2.02. The third-order valence-electron chi connectivity index (χ3n) is 1.76. The second-order valence-electron chi connectivity index (χ2n) is 2.61. The Balaban J connectivity index is 3.38. The number of phenolic OH excluding ortho intramolecular Hbond substituents is 1. The highest BCUT2D eigenvalue weighted by atomic mass is 79.9. The first kappa shape index (κ1) is 10.1. The Morgan fingerprint density at radius 2 is 2.15 bits per heavy atom. The molecule has 0 aromatic heterocycles. The maximum atomic E-state index is 10.8. The zero-order valence-corrected chi connectivity index (χ0v) is 8.63. The zero-order chi connectivity index (χ0) is 10.0. The van der Waals surface area contributed by atoms with E-state index in [2.05, 4.69) is 15.9 Å². The van der Waals surface area contributed by atoms with E-state index in [1.807, 2.05) is 6.92 Å². The molecular weight excluding hydrogens is 236 g/mol. The lowest BCUT2D eigenvalue weighted by molar-refractivity contribution is 0.0695. The predicted molar refractivity (Wildman–Crippen MR) is 52.1 cm³/mol. The van der Waals surface area contributed by atoms with Crippen molar-refractivity contribution in [2.75, 3.05) is 0 Å². The minimum atomic E-state index is -1.02. The van der Waals surface area contributed by atoms with Crippen LogP contribution in [0.4, 0.5) is 0 Å². The first-order valence-corrected chi connectivity index (χ1v) is 4.60. The Bertz CT molecular complexity index is 347. The molecule has 0 heterocycles. The van der Waals surface area contributed by atoms with Gasteiger partial charge in [-0.05, 0) is 24.1 Å². The van der Waals surface area contributed by atoms with Crippen molar-refractivity contribution in [3.05, 3.63) is 27.7 Å². The molecule has 0 bridgehead atoms. The third-order valence-corrected chi connectivity index (χ3v) is 2.47. The van der Waals surface area contributed by atoms with Crippen LogP contribution in [0.1, 0.15) is 22.8 Å². The van der Waals surface area contributed by atoms with Crippen molar-refractivity contribution in [3.8, 4) is 5.75 Å². The van der Waals surface area contributed by atoms with Crippen LogP contribution in [-0.2, 0) is 6.42 Å². The molecule has 0 spiro atoms. The quantitative estimate of drug-likeness (QED) is 0.841. The fourth-order valence-corrected chi connectivity index (χ4v) is 1.90. The summed E-state index contributed by atoms with van der Waals surface area (Å²) in [5, 5.41) is 18.0. The van der Waals surface area contributed by atoms with Crippen molar-refractivity contribution >= 4 is 21.9 Å². The van der Waals surface area contributed by atoms with Crippen LogP contribution in [0, 0.1) is 0 Å². The number of aromatic hydroxyl groups is 1. The van der Waals surface area contributed by atoms with Crippen LogP contribution in [0.15, 0.2) is 16.6 Å². The Kier molecular flexibility index (Phi) is 2.93. The van der Waals surface area contributed by atoms with E-state index in [0.717, 1.165) is 0 Å². The minimum Gasteiger partial charge on any atom is -0.508 e. The van der Waals surface area contributed by atoms with Gasteiger partial charge in [0, 0.05) is 4.47 Å². The molecule has 0 amide bonds. The molecule has 2 N–H and O–H groups in total. The number of carboxylic acids is 1. The molecule has 0 atom stereocenters. The Labute approximate surface area is 84.1 Å². The molecule has 1 rings (SSSR count). The van der Waals surface area contributed by atoms with Crippen LogP contribution in [0.2, 0.25) is 0 Å². The summed E-state index contributed by atoms with van der Waals surface area (Å²) in [5.41, 5.74) is 0.847. The first-order chi connectivity index (χ1) is 6.06. The van der Waals surface area contributed by atoms with Gasteiger partial charge in [0.05, 0.1) is 5.56 Å². The highest BCUT2D eigenvalue weighted by molar-refractivity contribution is 9.10. The fourth-order valence-electron chi connectivity index (χ4n) is 1.17. The van der Waals surface area contributed by atoms with Gasteiger partial charge in [-0.3, -0.25) is 0 Å². The summed E-state index contributed by atoms with van der Waals surface area (Å²) in [7, 11) is 0. The molecule has 13 heavy (non-hydrogen) atoms. The largest absolute Gasteiger partial charge is 0.508 e. The van der Waals surface area contributed by atoms with Gasteiger partial charge in [0.2, 0.25) is 0 Å². The number of hydrogen-bond donors (Lipinski definition) is 2. The Morgan fingerprint density at radius 1 is 1.54 bits per heavy atom. The van der Waals surface area contributed by atoms with Gasteiger partial charge in [-0.15, -0.1) is 0 Å². The average Bonchev–Trinajstić information content (AvgIpc) is 2.02. The van der Waals surface area contributed by atoms with Gasteiger partial charge in [-0.2, -0.15) is 0 Å². The number of rotatable bonds is 2. The van der Waals surface area contributed by atoms with E-state index in [1.54, 1.807) is 0 Å². The topological polar surface area (TPSA) is 57.5 Å². The molecule has 0 saturated carbocycles. The molecule has 1 aromatic carbocycles. The highest BCUT2D eigenvalue weighted by Crippen LogP contribution is 2.26. The fraction of sp³-hybridized carbons (Fsp3) is 0.222. The molecule has 4 heteroatoms. The van der Waals surface area contributed by atoms with Crippen molar-refractivity contribution in [2.45, 2.75) is 13.3 Å². The van der Waals surface area contributed by atoms with Gasteiger partial charge >= 0.3 is 5.97 Å². The van der Waals surface area contributed by atoms with Crippen molar-refractivity contribution in [1.82, 2.24) is 0 Å². The van der Waals surface area contributed by atoms with E-state index in [4.69, 9.17) is 10.2 Å². The summed E-state index contributed by atoms with van der Waals surface area (Å²) in [6, 6.07) is 2.75. The monoisotopic (exact) mass is 244 g/mol. The molecule has 70 valence electrons. The summed E-state index contributed by atoms with van der Waals surface area (Å²) in [5.74, 6) is -1.06. The molecule has 0 radical (unpaired) electrons. The van der Waals surface area contributed by atoms with Crippen molar-refractivity contribution in [1.29, 1.82) is 0 Å². The molecule has 0 aliphatic rings. The molecule has 3 nitrogen and oxygen atoms in total. The predicted octanol–water partition coefficient (Wildman–Crippen LogP) is 2.42. The molecule has 0 aliphatic carbocycles. The second-order valence-corrected chi connectivity index (χ2v) is 3.47. The van der Waals surface area contributed by atoms with Crippen LogP contribution in [0.25, 0.3) is 0 Å². The molecule has 0 aliphatic heterocycles. The van der Waals surface area contributed by atoms with Crippen molar-refractivity contribution < 1.29 is 15.0 Å². The minimum absolute atomic E-state index is 0.0403. The molecule has 0 fully saturated rings. The highest BCUT2D eigenvalue weighted by Gasteiger charge is 2.12. The van der Waals surface area contributed by atoms with Crippen LogP contribution in [0.5, 0.6) is 5.75 Å². The number of hydrogen-bond acceptors (Lipinski definition) is 2. The van der Waals surface area contributed by atoms with Crippen LogP contribution in [0.3, 0.4) is 0 Å².